The number of aromatic nitrogens is 1. The molecule has 0 saturated carbocycles. The first-order valence-corrected chi connectivity index (χ1v) is 7.01. The maximum absolute atomic E-state index is 11.6. The molecule has 0 radical (unpaired) electrons. The minimum atomic E-state index is 0.155. The number of rotatable bonds is 2. The van der Waals surface area contributed by atoms with Crippen LogP contribution in [0.1, 0.15) is 18.5 Å². The summed E-state index contributed by atoms with van der Waals surface area (Å²) in [5, 5.41) is 2.73. The highest BCUT2D eigenvalue weighted by Gasteiger charge is 2.24. The number of nitrogens with one attached hydrogen (secondary N) is 1. The second kappa shape index (κ2) is 5.69. The molecule has 0 aromatic carbocycles. The molecular weight excluding hydrogens is 294 g/mol. The zero-order valence-electron chi connectivity index (χ0n) is 10.7. The highest BCUT2D eigenvalue weighted by atomic mass is 79.9. The number of halogens is 1. The van der Waals surface area contributed by atoms with E-state index in [1.807, 2.05) is 19.1 Å². The van der Waals surface area contributed by atoms with Crippen molar-refractivity contribution in [1.82, 2.24) is 10.3 Å². The molecule has 0 unspecified atom stereocenters. The number of nitrogens with zero attached hydrogens (tertiary/aromatic N) is 2. The summed E-state index contributed by atoms with van der Waals surface area (Å²) in [4.78, 5) is 18.4. The van der Waals surface area contributed by atoms with Gasteiger partial charge in [-0.1, -0.05) is 0 Å². The SMILES string of the molecule is CNC(=O)C1CCN(c2ccc(Br)c(C)n2)CC1. The first-order valence-electron chi connectivity index (χ1n) is 6.21. The molecule has 4 nitrogen and oxygen atoms in total. The van der Waals surface area contributed by atoms with Crippen LogP contribution in [0.5, 0.6) is 0 Å². The number of amides is 1. The highest BCUT2D eigenvalue weighted by Crippen LogP contribution is 2.24. The van der Waals surface area contributed by atoms with Gasteiger partial charge in [-0.2, -0.15) is 0 Å². The van der Waals surface area contributed by atoms with Gasteiger partial charge in [0.2, 0.25) is 5.91 Å². The molecule has 2 rings (SSSR count). The topological polar surface area (TPSA) is 45.2 Å². The molecule has 2 heterocycles. The van der Waals surface area contributed by atoms with E-state index in [1.54, 1.807) is 7.05 Å². The molecule has 1 amide bonds. The van der Waals surface area contributed by atoms with Crippen molar-refractivity contribution >= 4 is 27.7 Å². The van der Waals surface area contributed by atoms with Gasteiger partial charge in [0.05, 0.1) is 5.69 Å². The van der Waals surface area contributed by atoms with Crippen molar-refractivity contribution in [3.63, 3.8) is 0 Å². The van der Waals surface area contributed by atoms with Crippen LogP contribution in [0.4, 0.5) is 5.82 Å². The van der Waals surface area contributed by atoms with Crippen LogP contribution in [0.3, 0.4) is 0 Å². The molecule has 1 aromatic heterocycles. The number of pyridine rings is 1. The van der Waals surface area contributed by atoms with E-state index in [1.165, 1.54) is 0 Å². The smallest absolute Gasteiger partial charge is 0.222 e. The summed E-state index contributed by atoms with van der Waals surface area (Å²) in [5.41, 5.74) is 1.00. The summed E-state index contributed by atoms with van der Waals surface area (Å²) in [6, 6.07) is 4.06. The maximum atomic E-state index is 11.6. The largest absolute Gasteiger partial charge is 0.359 e. The minimum absolute atomic E-state index is 0.155. The fraction of sp³-hybridized carbons (Fsp3) is 0.538. The van der Waals surface area contributed by atoms with Crippen LogP contribution in [0, 0.1) is 12.8 Å². The molecule has 1 aliphatic heterocycles. The molecule has 0 atom stereocenters. The molecule has 0 aliphatic carbocycles. The second-order valence-corrected chi connectivity index (χ2v) is 5.47. The zero-order chi connectivity index (χ0) is 13.1. The molecule has 98 valence electrons. The Kier molecular flexibility index (Phi) is 4.22. The first-order chi connectivity index (χ1) is 8.61. The van der Waals surface area contributed by atoms with E-state index in [0.717, 1.165) is 41.9 Å². The normalized spacial score (nSPS) is 16.7. The van der Waals surface area contributed by atoms with Crippen LogP contribution >= 0.6 is 15.9 Å². The Hall–Kier alpha value is -1.10. The lowest BCUT2D eigenvalue weighted by Crippen LogP contribution is -2.39. The molecule has 1 fully saturated rings. The summed E-state index contributed by atoms with van der Waals surface area (Å²) in [5.74, 6) is 1.32. The number of hydrogen-bond acceptors (Lipinski definition) is 3. The van der Waals surface area contributed by atoms with E-state index < -0.39 is 0 Å². The number of piperidine rings is 1. The van der Waals surface area contributed by atoms with Gasteiger partial charge < -0.3 is 10.2 Å². The van der Waals surface area contributed by atoms with Gasteiger partial charge in [0.1, 0.15) is 5.82 Å². The third-order valence-corrected chi connectivity index (χ3v) is 4.28. The van der Waals surface area contributed by atoms with Crippen LogP contribution in [0.25, 0.3) is 0 Å². The third-order valence-electron chi connectivity index (χ3n) is 3.44. The van der Waals surface area contributed by atoms with Crippen LogP contribution in [-0.4, -0.2) is 31.0 Å². The van der Waals surface area contributed by atoms with E-state index in [9.17, 15) is 4.79 Å². The van der Waals surface area contributed by atoms with E-state index >= 15 is 0 Å². The van der Waals surface area contributed by atoms with E-state index in [2.05, 4.69) is 31.1 Å². The van der Waals surface area contributed by atoms with E-state index in [4.69, 9.17) is 0 Å². The lowest BCUT2D eigenvalue weighted by Gasteiger charge is -2.32. The summed E-state index contributed by atoms with van der Waals surface area (Å²) in [7, 11) is 1.70. The molecule has 1 saturated heterocycles. The number of carbonyl (C=O) groups is 1. The number of hydrogen-bond donors (Lipinski definition) is 1. The summed E-state index contributed by atoms with van der Waals surface area (Å²) in [6.45, 7) is 3.78. The van der Waals surface area contributed by atoms with Gasteiger partial charge in [-0.3, -0.25) is 4.79 Å². The molecule has 0 bridgehead atoms. The molecule has 1 aromatic rings. The fourth-order valence-corrected chi connectivity index (χ4v) is 2.50. The Bertz CT molecular complexity index is 442. The van der Waals surface area contributed by atoms with E-state index in [-0.39, 0.29) is 11.8 Å². The van der Waals surface area contributed by atoms with Gasteiger partial charge in [-0.05, 0) is 47.8 Å². The summed E-state index contributed by atoms with van der Waals surface area (Å²) >= 11 is 3.46. The average Bonchev–Trinajstić information content (AvgIpc) is 2.41. The van der Waals surface area contributed by atoms with Gasteiger partial charge in [0.25, 0.3) is 0 Å². The predicted molar refractivity (Wildman–Crippen MR) is 75.7 cm³/mol. The summed E-state index contributed by atoms with van der Waals surface area (Å²) < 4.78 is 1.03. The van der Waals surface area contributed by atoms with Gasteiger partial charge in [-0.25, -0.2) is 4.98 Å². The van der Waals surface area contributed by atoms with Crippen molar-refractivity contribution in [3.8, 4) is 0 Å². The molecule has 1 aliphatic rings. The van der Waals surface area contributed by atoms with Crippen LogP contribution in [-0.2, 0) is 4.79 Å². The van der Waals surface area contributed by atoms with Crippen molar-refractivity contribution in [1.29, 1.82) is 0 Å². The predicted octanol–water partition coefficient (Wildman–Crippen LogP) is 2.11. The van der Waals surface area contributed by atoms with Crippen molar-refractivity contribution in [2.24, 2.45) is 5.92 Å². The lowest BCUT2D eigenvalue weighted by atomic mass is 9.96. The standard InChI is InChI=1S/C13H18BrN3O/c1-9-11(14)3-4-12(16-9)17-7-5-10(6-8-17)13(18)15-2/h3-4,10H,5-8H2,1-2H3,(H,15,18). The maximum Gasteiger partial charge on any atom is 0.222 e. The molecule has 18 heavy (non-hydrogen) atoms. The van der Waals surface area contributed by atoms with E-state index in [0.29, 0.717) is 0 Å². The van der Waals surface area contributed by atoms with Crippen LogP contribution in [0.15, 0.2) is 16.6 Å². The molecular formula is C13H18BrN3O. The zero-order valence-corrected chi connectivity index (χ0v) is 12.3. The van der Waals surface area contributed by atoms with Crippen molar-refractivity contribution in [3.05, 3.63) is 22.3 Å². The number of anilines is 1. The second-order valence-electron chi connectivity index (χ2n) is 4.61. The van der Waals surface area contributed by atoms with Crippen molar-refractivity contribution in [2.45, 2.75) is 19.8 Å². The van der Waals surface area contributed by atoms with Crippen molar-refractivity contribution < 1.29 is 4.79 Å². The van der Waals surface area contributed by atoms with Gasteiger partial charge in [-0.15, -0.1) is 0 Å². The number of carbonyl (C=O) groups excluding carboxylic acids is 1. The third kappa shape index (κ3) is 2.83. The summed E-state index contributed by atoms with van der Waals surface area (Å²) in [6.07, 6.45) is 1.80. The molecule has 5 heteroatoms. The fourth-order valence-electron chi connectivity index (χ4n) is 2.28. The highest BCUT2D eigenvalue weighted by molar-refractivity contribution is 9.10. The number of aryl methyl sites for hydroxylation is 1. The average molecular weight is 312 g/mol. The Morgan fingerprint density at radius 2 is 2.11 bits per heavy atom. The monoisotopic (exact) mass is 311 g/mol. The quantitative estimate of drug-likeness (QED) is 0.910. The van der Waals surface area contributed by atoms with Gasteiger partial charge in [0.15, 0.2) is 0 Å². The minimum Gasteiger partial charge on any atom is -0.359 e. The molecule has 0 spiro atoms. The molecule has 1 N–H and O–H groups in total. The Morgan fingerprint density at radius 1 is 1.44 bits per heavy atom. The van der Waals surface area contributed by atoms with Crippen LogP contribution < -0.4 is 10.2 Å². The Morgan fingerprint density at radius 3 is 2.67 bits per heavy atom. The van der Waals surface area contributed by atoms with Gasteiger partial charge >= 0.3 is 0 Å². The van der Waals surface area contributed by atoms with Gasteiger partial charge in [0, 0.05) is 30.5 Å². The lowest BCUT2D eigenvalue weighted by molar-refractivity contribution is -0.125. The Balaban J connectivity index is 2.01. The Labute approximate surface area is 116 Å². The van der Waals surface area contributed by atoms with Crippen LogP contribution in [0.2, 0.25) is 0 Å². The first kappa shape index (κ1) is 13.3. The van der Waals surface area contributed by atoms with Crippen molar-refractivity contribution in [2.75, 3.05) is 25.0 Å².